The highest BCUT2D eigenvalue weighted by atomic mass is 16.5. The van der Waals surface area contributed by atoms with Crippen LogP contribution in [0, 0.1) is 12.8 Å². The number of carbonyl (C=O) groups is 1. The number of ether oxygens (including phenoxy) is 1. The third-order valence-corrected chi connectivity index (χ3v) is 3.06. The minimum Gasteiger partial charge on any atom is -0.484 e. The van der Waals surface area contributed by atoms with Crippen LogP contribution in [-0.4, -0.2) is 30.8 Å². The third-order valence-electron chi connectivity index (χ3n) is 3.06. The average Bonchev–Trinajstić information content (AvgIpc) is 2.41. The predicted octanol–water partition coefficient (Wildman–Crippen LogP) is 1.90. The second-order valence-corrected chi connectivity index (χ2v) is 4.70. The first-order valence-electron chi connectivity index (χ1n) is 6.72. The molecule has 0 aliphatic rings. The van der Waals surface area contributed by atoms with Gasteiger partial charge in [-0.25, -0.2) is 0 Å². The molecule has 1 unspecified atom stereocenters. The van der Waals surface area contributed by atoms with Crippen LogP contribution in [0.5, 0.6) is 5.75 Å². The van der Waals surface area contributed by atoms with Crippen LogP contribution < -0.4 is 10.1 Å². The molecule has 1 aromatic carbocycles. The lowest BCUT2D eigenvalue weighted by Gasteiger charge is -2.14. The van der Waals surface area contributed by atoms with E-state index >= 15 is 0 Å². The van der Waals surface area contributed by atoms with E-state index in [1.54, 1.807) is 0 Å². The molecule has 0 radical (unpaired) electrons. The SMILES string of the molecule is CCC(CCO)CNC(=O)COc1cccc(C)c1. The standard InChI is InChI=1S/C15H23NO3/c1-3-13(7-8-17)10-16-15(18)11-19-14-6-4-5-12(2)9-14/h4-6,9,13,17H,3,7-8,10-11H2,1-2H3,(H,16,18). The topological polar surface area (TPSA) is 58.6 Å². The number of nitrogens with one attached hydrogen (secondary N) is 1. The Morgan fingerprint density at radius 1 is 1.47 bits per heavy atom. The van der Waals surface area contributed by atoms with Crippen LogP contribution in [0.3, 0.4) is 0 Å². The lowest BCUT2D eigenvalue weighted by Crippen LogP contribution is -2.33. The number of hydrogen-bond donors (Lipinski definition) is 2. The van der Waals surface area contributed by atoms with Crippen molar-refractivity contribution in [3.05, 3.63) is 29.8 Å². The summed E-state index contributed by atoms with van der Waals surface area (Å²) in [4.78, 5) is 11.6. The molecule has 0 heterocycles. The maximum atomic E-state index is 11.6. The zero-order valence-corrected chi connectivity index (χ0v) is 11.7. The molecule has 0 aliphatic heterocycles. The van der Waals surface area contributed by atoms with Gasteiger partial charge in [0.05, 0.1) is 0 Å². The molecule has 106 valence electrons. The van der Waals surface area contributed by atoms with Gasteiger partial charge in [0, 0.05) is 13.2 Å². The quantitative estimate of drug-likeness (QED) is 0.754. The number of rotatable bonds is 8. The first-order valence-corrected chi connectivity index (χ1v) is 6.72. The summed E-state index contributed by atoms with van der Waals surface area (Å²) < 4.78 is 5.41. The van der Waals surface area contributed by atoms with Gasteiger partial charge < -0.3 is 15.2 Å². The average molecular weight is 265 g/mol. The fourth-order valence-electron chi connectivity index (χ4n) is 1.80. The van der Waals surface area contributed by atoms with E-state index in [-0.39, 0.29) is 19.1 Å². The van der Waals surface area contributed by atoms with Gasteiger partial charge >= 0.3 is 0 Å². The van der Waals surface area contributed by atoms with Gasteiger partial charge in [0.25, 0.3) is 5.91 Å². The highest BCUT2D eigenvalue weighted by Gasteiger charge is 2.08. The summed E-state index contributed by atoms with van der Waals surface area (Å²) in [7, 11) is 0. The van der Waals surface area contributed by atoms with Crippen LogP contribution in [0.15, 0.2) is 24.3 Å². The van der Waals surface area contributed by atoms with Gasteiger partial charge in [0.1, 0.15) is 5.75 Å². The molecule has 0 spiro atoms. The molecule has 1 amide bonds. The second-order valence-electron chi connectivity index (χ2n) is 4.70. The molecule has 1 rings (SSSR count). The van der Waals surface area contributed by atoms with Crippen molar-refractivity contribution in [2.24, 2.45) is 5.92 Å². The van der Waals surface area contributed by atoms with Gasteiger partial charge in [0.15, 0.2) is 6.61 Å². The van der Waals surface area contributed by atoms with Crippen LogP contribution >= 0.6 is 0 Å². The zero-order chi connectivity index (χ0) is 14.1. The molecule has 1 aromatic rings. The van der Waals surface area contributed by atoms with E-state index in [2.05, 4.69) is 12.2 Å². The van der Waals surface area contributed by atoms with Crippen molar-refractivity contribution in [1.82, 2.24) is 5.32 Å². The Bertz CT molecular complexity index is 393. The maximum absolute atomic E-state index is 11.6. The molecule has 0 saturated heterocycles. The van der Waals surface area contributed by atoms with Crippen molar-refractivity contribution in [3.8, 4) is 5.75 Å². The molecule has 0 bridgehead atoms. The van der Waals surface area contributed by atoms with Gasteiger partial charge in [-0.05, 0) is 37.0 Å². The molecular weight excluding hydrogens is 242 g/mol. The molecule has 0 aliphatic carbocycles. The van der Waals surface area contributed by atoms with E-state index in [1.165, 1.54) is 0 Å². The van der Waals surface area contributed by atoms with Crippen molar-refractivity contribution < 1.29 is 14.6 Å². The number of aliphatic hydroxyl groups excluding tert-OH is 1. The van der Waals surface area contributed by atoms with Crippen molar-refractivity contribution in [1.29, 1.82) is 0 Å². The van der Waals surface area contributed by atoms with E-state index in [4.69, 9.17) is 9.84 Å². The number of carbonyl (C=O) groups excluding carboxylic acids is 1. The van der Waals surface area contributed by atoms with Gasteiger partial charge in [-0.15, -0.1) is 0 Å². The van der Waals surface area contributed by atoms with Crippen molar-refractivity contribution in [2.75, 3.05) is 19.8 Å². The minimum absolute atomic E-state index is 0.0268. The Labute approximate surface area is 114 Å². The summed E-state index contributed by atoms with van der Waals surface area (Å²) in [5, 5.41) is 11.7. The van der Waals surface area contributed by atoms with Crippen molar-refractivity contribution in [3.63, 3.8) is 0 Å². The molecule has 1 atom stereocenters. The van der Waals surface area contributed by atoms with Gasteiger partial charge in [-0.1, -0.05) is 25.5 Å². The number of hydrogen-bond acceptors (Lipinski definition) is 3. The first-order chi connectivity index (χ1) is 9.15. The number of aryl methyl sites for hydroxylation is 1. The van der Waals surface area contributed by atoms with Crippen LogP contribution in [0.2, 0.25) is 0 Å². The van der Waals surface area contributed by atoms with Crippen LogP contribution in [0.1, 0.15) is 25.3 Å². The van der Waals surface area contributed by atoms with Crippen LogP contribution in [0.25, 0.3) is 0 Å². The first kappa shape index (κ1) is 15.5. The van der Waals surface area contributed by atoms with Crippen LogP contribution in [0.4, 0.5) is 0 Å². The maximum Gasteiger partial charge on any atom is 0.257 e. The second kappa shape index (κ2) is 8.53. The highest BCUT2D eigenvalue weighted by molar-refractivity contribution is 5.77. The summed E-state index contributed by atoms with van der Waals surface area (Å²) in [6, 6.07) is 7.61. The molecule has 0 saturated carbocycles. The summed E-state index contributed by atoms with van der Waals surface area (Å²) in [6.45, 7) is 4.81. The Kier molecular flexibility index (Phi) is 6.97. The van der Waals surface area contributed by atoms with Crippen molar-refractivity contribution >= 4 is 5.91 Å². The monoisotopic (exact) mass is 265 g/mol. The third kappa shape index (κ3) is 6.25. The molecule has 0 aromatic heterocycles. The minimum atomic E-state index is -0.127. The molecule has 4 nitrogen and oxygen atoms in total. The van der Waals surface area contributed by atoms with Crippen LogP contribution in [-0.2, 0) is 4.79 Å². The number of aliphatic hydroxyl groups is 1. The lowest BCUT2D eigenvalue weighted by atomic mass is 10.0. The smallest absolute Gasteiger partial charge is 0.257 e. The molecule has 2 N–H and O–H groups in total. The summed E-state index contributed by atoms with van der Waals surface area (Å²) >= 11 is 0. The summed E-state index contributed by atoms with van der Waals surface area (Å²) in [5.74, 6) is 0.906. The number of amides is 1. The molecule has 0 fully saturated rings. The molecular formula is C15H23NO3. The molecule has 19 heavy (non-hydrogen) atoms. The Hall–Kier alpha value is -1.55. The van der Waals surface area contributed by atoms with Gasteiger partial charge in [-0.3, -0.25) is 4.79 Å². The van der Waals surface area contributed by atoms with Crippen molar-refractivity contribution in [2.45, 2.75) is 26.7 Å². The molecule has 4 heteroatoms. The fraction of sp³-hybridized carbons (Fsp3) is 0.533. The van der Waals surface area contributed by atoms with E-state index in [1.807, 2.05) is 31.2 Å². The van der Waals surface area contributed by atoms with E-state index in [0.717, 1.165) is 18.4 Å². The Morgan fingerprint density at radius 3 is 2.89 bits per heavy atom. The number of benzene rings is 1. The normalized spacial score (nSPS) is 11.9. The van der Waals surface area contributed by atoms with E-state index in [9.17, 15) is 4.79 Å². The zero-order valence-electron chi connectivity index (χ0n) is 11.7. The Morgan fingerprint density at radius 2 is 2.26 bits per heavy atom. The van der Waals surface area contributed by atoms with E-state index < -0.39 is 0 Å². The van der Waals surface area contributed by atoms with E-state index in [0.29, 0.717) is 18.2 Å². The Balaban J connectivity index is 2.28. The predicted molar refractivity (Wildman–Crippen MR) is 75.2 cm³/mol. The summed E-state index contributed by atoms with van der Waals surface area (Å²) in [6.07, 6.45) is 1.66. The fourth-order valence-corrected chi connectivity index (χ4v) is 1.80. The lowest BCUT2D eigenvalue weighted by molar-refractivity contribution is -0.123. The largest absolute Gasteiger partial charge is 0.484 e. The van der Waals surface area contributed by atoms with Gasteiger partial charge in [-0.2, -0.15) is 0 Å². The summed E-state index contributed by atoms with van der Waals surface area (Å²) in [5.41, 5.74) is 1.10. The highest BCUT2D eigenvalue weighted by Crippen LogP contribution is 2.12. The van der Waals surface area contributed by atoms with Gasteiger partial charge in [0.2, 0.25) is 0 Å².